The molecule has 0 saturated carbocycles. The summed E-state index contributed by atoms with van der Waals surface area (Å²) in [5.41, 5.74) is 3.28. The molecule has 142 valence electrons. The summed E-state index contributed by atoms with van der Waals surface area (Å²) < 4.78 is 27.5. The molecule has 2 N–H and O–H groups in total. The Bertz CT molecular complexity index is 948. The summed E-state index contributed by atoms with van der Waals surface area (Å²) in [6, 6.07) is 13.1. The number of carbonyl (C=O) groups excluding carboxylic acids is 1. The van der Waals surface area contributed by atoms with E-state index in [1.165, 1.54) is 0 Å². The molecule has 0 aromatic heterocycles. The zero-order valence-corrected chi connectivity index (χ0v) is 16.6. The first-order chi connectivity index (χ1) is 12.8. The number of benzene rings is 2. The third kappa shape index (κ3) is 6.24. The standard InChI is InChI=1S/C21H24N2O3S/c1-16-14-17(2)21(18(3)15-16)27(25,26)23-13-11-20(24)22-12-7-10-19-8-5-4-6-9-19/h4-6,8-9,14-15,23H,11-13H2,1-3H3,(H,22,24). The van der Waals surface area contributed by atoms with Crippen LogP contribution in [0.5, 0.6) is 0 Å². The van der Waals surface area contributed by atoms with Gasteiger partial charge in [-0.3, -0.25) is 4.79 Å². The summed E-state index contributed by atoms with van der Waals surface area (Å²) in [4.78, 5) is 12.1. The first-order valence-corrected chi connectivity index (χ1v) is 10.2. The van der Waals surface area contributed by atoms with Crippen LogP contribution >= 0.6 is 0 Å². The number of rotatable bonds is 6. The monoisotopic (exact) mass is 384 g/mol. The molecule has 1 amide bonds. The summed E-state index contributed by atoms with van der Waals surface area (Å²) in [7, 11) is -3.65. The van der Waals surface area contributed by atoms with Gasteiger partial charge in [-0.2, -0.15) is 0 Å². The average molecular weight is 385 g/mol. The van der Waals surface area contributed by atoms with Crippen molar-refractivity contribution in [3.8, 4) is 11.8 Å². The Labute approximate surface area is 161 Å². The van der Waals surface area contributed by atoms with Crippen molar-refractivity contribution in [2.75, 3.05) is 13.1 Å². The molecule has 2 aromatic rings. The Hall–Kier alpha value is -2.62. The Morgan fingerprint density at radius 2 is 1.67 bits per heavy atom. The van der Waals surface area contributed by atoms with E-state index >= 15 is 0 Å². The molecule has 0 bridgehead atoms. The van der Waals surface area contributed by atoms with Crippen LogP contribution < -0.4 is 10.0 Å². The molecule has 0 saturated heterocycles. The van der Waals surface area contributed by atoms with Gasteiger partial charge in [-0.05, 0) is 44.0 Å². The predicted octanol–water partition coefficient (Wildman–Crippen LogP) is 2.45. The van der Waals surface area contributed by atoms with E-state index in [-0.39, 0.29) is 30.3 Å². The van der Waals surface area contributed by atoms with Crippen LogP contribution in [0.2, 0.25) is 0 Å². The molecule has 0 atom stereocenters. The molecular formula is C21H24N2O3S. The molecule has 0 aliphatic carbocycles. The van der Waals surface area contributed by atoms with Crippen molar-refractivity contribution in [3.63, 3.8) is 0 Å². The van der Waals surface area contributed by atoms with E-state index < -0.39 is 10.0 Å². The summed E-state index contributed by atoms with van der Waals surface area (Å²) in [6.45, 7) is 5.72. The van der Waals surface area contributed by atoms with Crippen molar-refractivity contribution in [3.05, 3.63) is 64.7 Å². The molecule has 0 aliphatic heterocycles. The fraction of sp³-hybridized carbons (Fsp3) is 0.286. The van der Waals surface area contributed by atoms with Crippen LogP contribution in [0.15, 0.2) is 47.4 Å². The van der Waals surface area contributed by atoms with Gasteiger partial charge in [0.05, 0.1) is 11.4 Å². The van der Waals surface area contributed by atoms with Crippen molar-refractivity contribution in [2.45, 2.75) is 32.1 Å². The molecule has 0 heterocycles. The molecule has 27 heavy (non-hydrogen) atoms. The van der Waals surface area contributed by atoms with Crippen molar-refractivity contribution in [1.29, 1.82) is 0 Å². The van der Waals surface area contributed by atoms with Crippen LogP contribution in [0.25, 0.3) is 0 Å². The fourth-order valence-electron chi connectivity index (χ4n) is 2.86. The van der Waals surface area contributed by atoms with E-state index in [0.29, 0.717) is 11.1 Å². The van der Waals surface area contributed by atoms with Gasteiger partial charge in [0.2, 0.25) is 15.9 Å². The minimum absolute atomic E-state index is 0.0348. The Balaban J connectivity index is 1.83. The number of amides is 1. The van der Waals surface area contributed by atoms with Crippen LogP contribution in [0.1, 0.15) is 28.7 Å². The Kier molecular flexibility index (Phi) is 7.17. The molecule has 0 fully saturated rings. The van der Waals surface area contributed by atoms with E-state index in [9.17, 15) is 13.2 Å². The second-order valence-corrected chi connectivity index (χ2v) is 8.02. The lowest BCUT2D eigenvalue weighted by atomic mass is 10.1. The van der Waals surface area contributed by atoms with Crippen molar-refractivity contribution < 1.29 is 13.2 Å². The van der Waals surface area contributed by atoms with Crippen molar-refractivity contribution in [2.24, 2.45) is 0 Å². The minimum atomic E-state index is -3.65. The first-order valence-electron chi connectivity index (χ1n) is 8.68. The molecule has 0 unspecified atom stereocenters. The normalized spacial score (nSPS) is 10.8. The zero-order valence-electron chi connectivity index (χ0n) is 15.8. The topological polar surface area (TPSA) is 75.3 Å². The number of nitrogens with one attached hydrogen (secondary N) is 2. The van der Waals surface area contributed by atoms with Gasteiger partial charge in [0.15, 0.2) is 0 Å². The maximum absolute atomic E-state index is 12.5. The highest BCUT2D eigenvalue weighted by molar-refractivity contribution is 7.89. The third-order valence-corrected chi connectivity index (χ3v) is 5.66. The minimum Gasteiger partial charge on any atom is -0.345 e. The van der Waals surface area contributed by atoms with Crippen LogP contribution in [-0.2, 0) is 14.8 Å². The van der Waals surface area contributed by atoms with Gasteiger partial charge in [-0.15, -0.1) is 0 Å². The van der Waals surface area contributed by atoms with Crippen molar-refractivity contribution >= 4 is 15.9 Å². The third-order valence-electron chi connectivity index (χ3n) is 3.90. The quantitative estimate of drug-likeness (QED) is 0.751. The van der Waals surface area contributed by atoms with Gasteiger partial charge in [-0.1, -0.05) is 47.7 Å². The maximum atomic E-state index is 12.5. The van der Waals surface area contributed by atoms with E-state index in [1.807, 2.05) is 49.4 Å². The van der Waals surface area contributed by atoms with E-state index in [1.54, 1.807) is 13.8 Å². The molecule has 0 radical (unpaired) electrons. The van der Waals surface area contributed by atoms with Gasteiger partial charge < -0.3 is 5.32 Å². The fourth-order valence-corrected chi connectivity index (χ4v) is 4.34. The predicted molar refractivity (Wildman–Crippen MR) is 107 cm³/mol. The lowest BCUT2D eigenvalue weighted by Gasteiger charge is -2.13. The largest absolute Gasteiger partial charge is 0.345 e. The first kappa shape index (κ1) is 20.7. The highest BCUT2D eigenvalue weighted by atomic mass is 32.2. The number of carbonyl (C=O) groups is 1. The summed E-state index contributed by atoms with van der Waals surface area (Å²) in [5.74, 6) is 5.55. The average Bonchev–Trinajstić information content (AvgIpc) is 2.58. The van der Waals surface area contributed by atoms with Gasteiger partial charge in [0.25, 0.3) is 0 Å². The number of hydrogen-bond acceptors (Lipinski definition) is 3. The maximum Gasteiger partial charge on any atom is 0.241 e. The lowest BCUT2D eigenvalue weighted by molar-refractivity contribution is -0.120. The molecule has 2 rings (SSSR count). The second kappa shape index (κ2) is 9.36. The molecule has 6 heteroatoms. The summed E-state index contributed by atoms with van der Waals surface area (Å²) in [6.07, 6.45) is 0.0518. The van der Waals surface area contributed by atoms with Crippen LogP contribution in [0.4, 0.5) is 0 Å². The molecule has 0 spiro atoms. The van der Waals surface area contributed by atoms with Gasteiger partial charge in [0, 0.05) is 18.5 Å². The summed E-state index contributed by atoms with van der Waals surface area (Å²) in [5, 5.41) is 2.66. The van der Waals surface area contributed by atoms with Gasteiger partial charge in [0.1, 0.15) is 0 Å². The second-order valence-electron chi connectivity index (χ2n) is 6.32. The number of aryl methyl sites for hydroxylation is 3. The number of sulfonamides is 1. The summed E-state index contributed by atoms with van der Waals surface area (Å²) >= 11 is 0. The smallest absolute Gasteiger partial charge is 0.241 e. The Morgan fingerprint density at radius 3 is 2.30 bits per heavy atom. The van der Waals surface area contributed by atoms with E-state index in [0.717, 1.165) is 11.1 Å². The number of hydrogen-bond donors (Lipinski definition) is 2. The van der Waals surface area contributed by atoms with Gasteiger partial charge in [-0.25, -0.2) is 13.1 Å². The SMILES string of the molecule is Cc1cc(C)c(S(=O)(=O)NCCC(=O)NCC#Cc2ccccc2)c(C)c1. The van der Waals surface area contributed by atoms with Gasteiger partial charge >= 0.3 is 0 Å². The Morgan fingerprint density at radius 1 is 1.04 bits per heavy atom. The zero-order chi connectivity index (χ0) is 19.9. The van der Waals surface area contributed by atoms with E-state index in [4.69, 9.17) is 0 Å². The molecular weight excluding hydrogens is 360 g/mol. The highest BCUT2D eigenvalue weighted by Gasteiger charge is 2.19. The highest BCUT2D eigenvalue weighted by Crippen LogP contribution is 2.21. The molecule has 5 nitrogen and oxygen atoms in total. The van der Waals surface area contributed by atoms with Crippen LogP contribution in [0, 0.1) is 32.6 Å². The molecule has 2 aromatic carbocycles. The van der Waals surface area contributed by atoms with Crippen molar-refractivity contribution in [1.82, 2.24) is 10.0 Å². The van der Waals surface area contributed by atoms with Crippen LogP contribution in [-0.4, -0.2) is 27.4 Å². The molecule has 0 aliphatic rings. The lowest BCUT2D eigenvalue weighted by Crippen LogP contribution is -2.31. The van der Waals surface area contributed by atoms with Crippen LogP contribution in [0.3, 0.4) is 0 Å². The van der Waals surface area contributed by atoms with E-state index in [2.05, 4.69) is 21.9 Å².